The van der Waals surface area contributed by atoms with Crippen LogP contribution in [0.1, 0.15) is 12.8 Å². The number of aryl methyl sites for hydroxylation is 1. The third kappa shape index (κ3) is 3.98. The summed E-state index contributed by atoms with van der Waals surface area (Å²) in [6.45, 7) is 0.854. The van der Waals surface area contributed by atoms with Gasteiger partial charge in [-0.2, -0.15) is 4.98 Å². The molecular formula is C22H23ClF2N6O3. The van der Waals surface area contributed by atoms with Gasteiger partial charge in [-0.15, -0.1) is 0 Å². The number of anilines is 4. The van der Waals surface area contributed by atoms with E-state index in [9.17, 15) is 18.7 Å². The van der Waals surface area contributed by atoms with Crippen molar-refractivity contribution in [1.29, 1.82) is 0 Å². The molecular weight excluding hydrogens is 470 g/mol. The van der Waals surface area contributed by atoms with E-state index in [-0.39, 0.29) is 41.2 Å². The van der Waals surface area contributed by atoms with Gasteiger partial charge in [-0.1, -0.05) is 11.6 Å². The number of piperidine rings is 1. The van der Waals surface area contributed by atoms with E-state index in [0.29, 0.717) is 24.5 Å². The molecule has 1 saturated heterocycles. The third-order valence-electron chi connectivity index (χ3n) is 6.10. The van der Waals surface area contributed by atoms with Gasteiger partial charge in [-0.05, 0) is 24.6 Å². The number of nitrogens with zero attached hydrogens (tertiary/aromatic N) is 4. The van der Waals surface area contributed by atoms with Gasteiger partial charge in [-0.3, -0.25) is 4.79 Å². The number of hydrogen-bond acceptors (Lipinski definition) is 8. The fourth-order valence-corrected chi connectivity index (χ4v) is 4.31. The van der Waals surface area contributed by atoms with Crippen molar-refractivity contribution in [2.24, 2.45) is 7.05 Å². The number of aliphatic hydroxyl groups excluding tert-OH is 1. The molecule has 2 aromatic heterocycles. The van der Waals surface area contributed by atoms with Gasteiger partial charge in [0, 0.05) is 37.6 Å². The van der Waals surface area contributed by atoms with Gasteiger partial charge >= 0.3 is 0 Å². The van der Waals surface area contributed by atoms with Crippen LogP contribution in [0.15, 0.2) is 29.2 Å². The molecule has 1 unspecified atom stereocenters. The molecule has 180 valence electrons. The van der Waals surface area contributed by atoms with Crippen LogP contribution < -0.4 is 25.8 Å². The lowest BCUT2D eigenvalue weighted by Gasteiger charge is -2.35. The van der Waals surface area contributed by atoms with Gasteiger partial charge in [0.15, 0.2) is 5.82 Å². The lowest BCUT2D eigenvalue weighted by molar-refractivity contribution is -0.118. The molecule has 0 spiro atoms. The summed E-state index contributed by atoms with van der Waals surface area (Å²) in [5, 5.41) is 17.2. The van der Waals surface area contributed by atoms with E-state index in [4.69, 9.17) is 16.3 Å². The first kappa shape index (κ1) is 22.6. The molecule has 1 atom stereocenters. The van der Waals surface area contributed by atoms with Gasteiger partial charge in [-0.25, -0.2) is 13.8 Å². The smallest absolute Gasteiger partial charge is 0.295 e. The highest BCUT2D eigenvalue weighted by molar-refractivity contribution is 6.32. The highest BCUT2D eigenvalue weighted by Crippen LogP contribution is 2.35. The number of nitrogens with one attached hydrogen (secondary N) is 2. The first-order valence-corrected chi connectivity index (χ1v) is 11.3. The van der Waals surface area contributed by atoms with Gasteiger partial charge in [0.2, 0.25) is 11.7 Å². The van der Waals surface area contributed by atoms with Crippen molar-refractivity contribution in [3.8, 4) is 5.75 Å². The number of aliphatic hydroxyl groups is 1. The molecule has 34 heavy (non-hydrogen) atoms. The lowest BCUT2D eigenvalue weighted by Crippen LogP contribution is -2.51. The number of pyridine rings is 1. The molecule has 0 saturated carbocycles. The number of hydrogen-bond donors (Lipinski definition) is 3. The average Bonchev–Trinajstić information content (AvgIpc) is 3.07. The fraction of sp³-hybridized carbons (Fsp3) is 0.409. The number of rotatable bonds is 3. The maximum atomic E-state index is 13.7. The van der Waals surface area contributed by atoms with Crippen molar-refractivity contribution in [3.63, 3.8) is 0 Å². The molecule has 12 heteroatoms. The van der Waals surface area contributed by atoms with E-state index >= 15 is 0 Å². The molecule has 2 aliphatic heterocycles. The SMILES string of the molecule is Cn1c(=O)c2c(c3cc(Nc4nc(N5CCC(F)(F)C(O)C5)ncc4Cl)ccc31)NCCCO2. The molecule has 1 aromatic carbocycles. The maximum absolute atomic E-state index is 13.7. The van der Waals surface area contributed by atoms with Crippen LogP contribution in [0.4, 0.5) is 31.9 Å². The zero-order valence-electron chi connectivity index (χ0n) is 18.3. The predicted molar refractivity (Wildman–Crippen MR) is 126 cm³/mol. The van der Waals surface area contributed by atoms with Crippen LogP contribution in [0.25, 0.3) is 10.9 Å². The Morgan fingerprint density at radius 3 is 3.00 bits per heavy atom. The molecule has 3 aromatic rings. The summed E-state index contributed by atoms with van der Waals surface area (Å²) < 4.78 is 34.6. The molecule has 5 rings (SSSR count). The van der Waals surface area contributed by atoms with Crippen LogP contribution in [0.2, 0.25) is 5.02 Å². The standard InChI is InChI=1S/C22H23ClF2N6O3/c1-30-15-4-3-12(9-13(15)17-18(20(30)33)34-8-2-6-26-17)28-19-14(23)10-27-21(29-19)31-7-5-22(24,25)16(32)11-31/h3-4,9-10,16,26,32H,2,5-8,11H2,1H3,(H,27,28,29). The van der Waals surface area contributed by atoms with Crippen LogP contribution in [-0.4, -0.2) is 57.9 Å². The van der Waals surface area contributed by atoms with Crippen molar-refractivity contribution in [2.45, 2.75) is 24.9 Å². The minimum atomic E-state index is -3.13. The van der Waals surface area contributed by atoms with E-state index < -0.39 is 18.4 Å². The largest absolute Gasteiger partial charge is 0.486 e. The zero-order valence-corrected chi connectivity index (χ0v) is 19.1. The number of benzene rings is 1. The summed E-state index contributed by atoms with van der Waals surface area (Å²) in [7, 11) is 1.69. The van der Waals surface area contributed by atoms with Crippen molar-refractivity contribution in [3.05, 3.63) is 39.8 Å². The van der Waals surface area contributed by atoms with E-state index in [1.807, 2.05) is 12.1 Å². The topological polar surface area (TPSA) is 105 Å². The Hall–Kier alpha value is -3.18. The fourth-order valence-electron chi connectivity index (χ4n) is 4.17. The number of β-amino-alcohol motifs (C(OH)–C–C–N with tert-alkyl or cyclic N) is 1. The van der Waals surface area contributed by atoms with Gasteiger partial charge in [0.1, 0.15) is 11.1 Å². The molecule has 2 aliphatic rings. The molecule has 3 N–H and O–H groups in total. The summed E-state index contributed by atoms with van der Waals surface area (Å²) in [5.41, 5.74) is 1.80. The van der Waals surface area contributed by atoms with Crippen LogP contribution in [0.3, 0.4) is 0 Å². The average molecular weight is 493 g/mol. The minimum Gasteiger partial charge on any atom is -0.486 e. The van der Waals surface area contributed by atoms with Crippen molar-refractivity contribution in [2.75, 3.05) is 41.8 Å². The van der Waals surface area contributed by atoms with E-state index in [1.165, 1.54) is 15.7 Å². The first-order chi connectivity index (χ1) is 16.2. The Morgan fingerprint density at radius 1 is 1.38 bits per heavy atom. The minimum absolute atomic E-state index is 0.00689. The summed E-state index contributed by atoms with van der Waals surface area (Å²) in [6, 6.07) is 5.46. The van der Waals surface area contributed by atoms with Crippen molar-refractivity contribution >= 4 is 45.6 Å². The maximum Gasteiger partial charge on any atom is 0.295 e. The Kier molecular flexibility index (Phi) is 5.68. The number of fused-ring (bicyclic) bond motifs is 3. The molecule has 0 amide bonds. The molecule has 0 radical (unpaired) electrons. The molecule has 9 nitrogen and oxygen atoms in total. The zero-order chi connectivity index (χ0) is 24.0. The first-order valence-electron chi connectivity index (χ1n) is 10.9. The van der Waals surface area contributed by atoms with E-state index in [2.05, 4.69) is 20.6 Å². The van der Waals surface area contributed by atoms with Crippen LogP contribution in [0, 0.1) is 0 Å². The predicted octanol–water partition coefficient (Wildman–Crippen LogP) is 3.13. The summed E-state index contributed by atoms with van der Waals surface area (Å²) >= 11 is 6.31. The summed E-state index contributed by atoms with van der Waals surface area (Å²) in [6.07, 6.45) is -0.133. The Balaban J connectivity index is 1.49. The number of ether oxygens (including phenoxy) is 1. The van der Waals surface area contributed by atoms with Crippen molar-refractivity contribution < 1.29 is 18.6 Å². The highest BCUT2D eigenvalue weighted by Gasteiger charge is 2.43. The van der Waals surface area contributed by atoms with Gasteiger partial charge < -0.3 is 29.9 Å². The number of alkyl halides is 2. The number of aromatic nitrogens is 3. The van der Waals surface area contributed by atoms with Crippen LogP contribution in [0.5, 0.6) is 5.75 Å². The summed E-state index contributed by atoms with van der Waals surface area (Å²) in [5.74, 6) is -2.37. The van der Waals surface area contributed by atoms with E-state index in [0.717, 1.165) is 17.3 Å². The quantitative estimate of drug-likeness (QED) is 0.512. The molecule has 1 fully saturated rings. The van der Waals surface area contributed by atoms with Gasteiger partial charge in [0.05, 0.1) is 30.6 Å². The monoisotopic (exact) mass is 492 g/mol. The van der Waals surface area contributed by atoms with E-state index in [1.54, 1.807) is 13.1 Å². The second kappa shape index (κ2) is 8.55. The molecule has 4 heterocycles. The van der Waals surface area contributed by atoms with Crippen molar-refractivity contribution in [1.82, 2.24) is 14.5 Å². The lowest BCUT2D eigenvalue weighted by atomic mass is 10.0. The highest BCUT2D eigenvalue weighted by atomic mass is 35.5. The Labute approximate surface area is 198 Å². The molecule has 0 bridgehead atoms. The van der Waals surface area contributed by atoms with Crippen LogP contribution >= 0.6 is 11.6 Å². The second-order valence-corrected chi connectivity index (χ2v) is 8.80. The normalized spacial score (nSPS) is 19.7. The summed E-state index contributed by atoms with van der Waals surface area (Å²) in [4.78, 5) is 22.8. The third-order valence-corrected chi connectivity index (χ3v) is 6.37. The Morgan fingerprint density at radius 2 is 2.21 bits per heavy atom. The van der Waals surface area contributed by atoms with Gasteiger partial charge in [0.25, 0.3) is 11.5 Å². The second-order valence-electron chi connectivity index (χ2n) is 8.39. The molecule has 0 aliphatic carbocycles. The number of halogens is 3. The van der Waals surface area contributed by atoms with Crippen LogP contribution in [-0.2, 0) is 7.05 Å². The Bertz CT molecular complexity index is 1320.